The average Bonchev–Trinajstić information content (AvgIpc) is 1.70. The molecule has 9 heterocycles. The summed E-state index contributed by atoms with van der Waals surface area (Å²) in [6.45, 7) is 6.58. The highest BCUT2D eigenvalue weighted by molar-refractivity contribution is 9.10. The van der Waals surface area contributed by atoms with E-state index in [9.17, 15) is 32.3 Å². The van der Waals surface area contributed by atoms with Gasteiger partial charge in [-0.15, -0.1) is 0 Å². The van der Waals surface area contributed by atoms with Gasteiger partial charge < -0.3 is 40.9 Å². The van der Waals surface area contributed by atoms with Gasteiger partial charge in [0, 0.05) is 148 Å². The molecule has 8 amide bonds. The first-order chi connectivity index (χ1) is 46.1. The number of H-pyrrole nitrogens is 4. The Morgan fingerprint density at radius 3 is 1.21 bits per heavy atom. The molecule has 95 heavy (non-hydrogen) atoms. The van der Waals surface area contributed by atoms with Crippen LogP contribution in [-0.4, -0.2) is 116 Å². The molecular weight excluding hydrogens is 1370 g/mol. The average molecular weight is 1450 g/mol. The summed E-state index contributed by atoms with van der Waals surface area (Å²) in [7, 11) is 0. The lowest BCUT2D eigenvalue weighted by atomic mass is 9.81. The summed E-state index contributed by atoms with van der Waals surface area (Å²) in [5.74, 6) is 0.850. The van der Waals surface area contributed by atoms with Gasteiger partial charge in [-0.3, -0.25) is 20.4 Å². The number of aryl methyl sites for hydroxylation is 1. The van der Waals surface area contributed by atoms with Crippen molar-refractivity contribution in [3.63, 3.8) is 0 Å². The van der Waals surface area contributed by atoms with E-state index >= 15 is 0 Å². The standard InChI is InChI=1S/C18H21FN4O.C17H19BrN4O.C17H18ClFN4O.C16H17BrFN5O/c1-11-9-13(5-6-15(11)19)20-18(24)23-8-7-16-14(10-23)17(22-21-16)12-3-2-4-12;18-12-5-2-6-13(9-12)19-17(23)22-8-7-15-14(10-22)16(21-20-15)11-3-1-4-11;18-13-8-11(4-5-14(13)19)20-17(24)23-7-6-15-12(9-23)16(22-21-15)10-2-1-3-10;17-15-13(18)12(4-6-19-15)20-16(24)23-7-5-11-10(8-23)14(22-21-11)9-2-1-3-9/h5-6,9,12H,2-4,7-8,10H2,1H3,(H,20,24)(H,21,22);2,5-6,9,11H,1,3-4,7-8,10H2,(H,19,23)(H,20,21);4-5,8,10H,1-3,6-7,9H2,(H,20,24)(H,21,22);4,6,9H,1-3,5,7-8H2,(H,21,22)(H,19,20,24). The molecule has 4 aliphatic heterocycles. The number of anilines is 4. The summed E-state index contributed by atoms with van der Waals surface area (Å²) >= 11 is 12.2. The molecule has 0 saturated heterocycles. The van der Waals surface area contributed by atoms with Crippen LogP contribution in [0.2, 0.25) is 5.02 Å². The van der Waals surface area contributed by atoms with Gasteiger partial charge in [0.05, 0.1) is 59.7 Å². The number of urea groups is 4. The highest BCUT2D eigenvalue weighted by Gasteiger charge is 2.36. The topological polar surface area (TPSA) is 257 Å². The van der Waals surface area contributed by atoms with Crippen molar-refractivity contribution < 1.29 is 32.3 Å². The third kappa shape index (κ3) is 14.8. The number of amides is 8. The minimum Gasteiger partial charge on any atom is -0.320 e. The molecule has 0 atom stereocenters. The molecule has 8 aromatic rings. The number of pyridine rings is 1. The maximum absolute atomic E-state index is 14.0. The minimum absolute atomic E-state index is 0.00386. The smallest absolute Gasteiger partial charge is 0.320 e. The molecule has 498 valence electrons. The highest BCUT2D eigenvalue weighted by Crippen LogP contribution is 2.43. The summed E-state index contributed by atoms with van der Waals surface area (Å²) < 4.78 is 41.6. The largest absolute Gasteiger partial charge is 0.322 e. The Bertz CT molecular complexity index is 4010. The molecule has 0 radical (unpaired) electrons. The van der Waals surface area contributed by atoms with E-state index < -0.39 is 11.6 Å². The Hall–Kier alpha value is -8.23. The van der Waals surface area contributed by atoms with Crippen molar-refractivity contribution in [1.82, 2.24) is 65.4 Å². The first-order valence-electron chi connectivity index (χ1n) is 32.8. The number of carbonyl (C=O) groups excluding carboxylic acids is 4. The number of aromatic nitrogens is 9. The van der Waals surface area contributed by atoms with Gasteiger partial charge in [-0.05, 0) is 140 Å². The van der Waals surface area contributed by atoms with Crippen LogP contribution >= 0.6 is 43.5 Å². The molecule has 0 unspecified atom stereocenters. The van der Waals surface area contributed by atoms with Crippen molar-refractivity contribution >= 4 is 90.3 Å². The van der Waals surface area contributed by atoms with Crippen molar-refractivity contribution in [3.8, 4) is 0 Å². The van der Waals surface area contributed by atoms with Crippen LogP contribution in [0.25, 0.3) is 0 Å². The normalized spacial score (nSPS) is 17.4. The molecule has 0 bridgehead atoms. The number of fused-ring (bicyclic) bond motifs is 4. The fraction of sp³-hybridized carbons (Fsp3) is 0.426. The van der Waals surface area contributed by atoms with Crippen LogP contribution in [-0.2, 0) is 51.9 Å². The molecule has 16 rings (SSSR count). The second kappa shape index (κ2) is 29.0. The maximum atomic E-state index is 14.0. The fourth-order valence-corrected chi connectivity index (χ4v) is 14.1. The van der Waals surface area contributed by atoms with Crippen LogP contribution in [0.4, 0.5) is 55.1 Å². The number of benzene rings is 3. The number of nitrogens with zero attached hydrogens (tertiary/aromatic N) is 9. The number of hydrogen-bond donors (Lipinski definition) is 8. The lowest BCUT2D eigenvalue weighted by Crippen LogP contribution is -2.39. The molecule has 0 spiro atoms. The van der Waals surface area contributed by atoms with E-state index in [2.05, 4.69) is 98.9 Å². The molecule has 8 aliphatic rings. The Labute approximate surface area is 569 Å². The zero-order chi connectivity index (χ0) is 65.9. The van der Waals surface area contributed by atoms with E-state index in [1.165, 1.54) is 147 Å². The molecule has 27 heteroatoms. The number of aromatic amines is 4. The Morgan fingerprint density at radius 1 is 0.484 bits per heavy atom. The molecule has 4 aliphatic carbocycles. The van der Waals surface area contributed by atoms with Crippen LogP contribution < -0.4 is 21.3 Å². The highest BCUT2D eigenvalue weighted by atomic mass is 79.9. The molecular formula is C68H75Br2ClF3N17O4. The summed E-state index contributed by atoms with van der Waals surface area (Å²) in [6.07, 6.45) is 19.2. The van der Waals surface area contributed by atoms with Gasteiger partial charge in [-0.2, -0.15) is 20.4 Å². The van der Waals surface area contributed by atoms with Crippen molar-refractivity contribution in [3.05, 3.63) is 178 Å². The zero-order valence-corrected chi connectivity index (χ0v) is 56.6. The van der Waals surface area contributed by atoms with Crippen LogP contribution in [0.1, 0.15) is 174 Å². The predicted molar refractivity (Wildman–Crippen MR) is 362 cm³/mol. The molecule has 21 nitrogen and oxygen atoms in total. The first kappa shape index (κ1) is 65.4. The Balaban J connectivity index is 0.000000115. The summed E-state index contributed by atoms with van der Waals surface area (Å²) in [5, 5.41) is 41.8. The second-order valence-corrected chi connectivity index (χ2v) is 27.8. The van der Waals surface area contributed by atoms with Gasteiger partial charge in [0.2, 0.25) is 0 Å². The molecule has 5 aromatic heterocycles. The van der Waals surface area contributed by atoms with Crippen LogP contribution in [0, 0.1) is 24.4 Å². The van der Waals surface area contributed by atoms with Crippen molar-refractivity contribution in [2.24, 2.45) is 0 Å². The number of carbonyl (C=O) groups is 4. The van der Waals surface area contributed by atoms with Gasteiger partial charge in [0.15, 0.2) is 5.82 Å². The number of nitrogens with one attached hydrogen (secondary N) is 8. The van der Waals surface area contributed by atoms with Crippen molar-refractivity contribution in [2.75, 3.05) is 47.4 Å². The SMILES string of the molecule is Cc1cc(NC(=O)N2CCc3[nH]nc(C4CCC4)c3C2)ccc1F.O=C(Nc1ccc(F)c(Cl)c1)N1CCc2[nH]nc(C3CCC3)c2C1.O=C(Nc1cccc(Br)c1)N1CCc2[nH]nc(C3CCC3)c2C1.O=C(Nc1ccnc(Br)c1F)N1CCc2[nH]nc(C3CCC3)c2C1. The summed E-state index contributed by atoms with van der Waals surface area (Å²) in [4.78, 5) is 61.0. The monoisotopic (exact) mass is 1440 g/mol. The first-order valence-corrected chi connectivity index (χ1v) is 34.8. The van der Waals surface area contributed by atoms with E-state index in [4.69, 9.17) is 11.6 Å². The van der Waals surface area contributed by atoms with Crippen molar-refractivity contribution in [1.29, 1.82) is 0 Å². The van der Waals surface area contributed by atoms with Crippen LogP contribution in [0.3, 0.4) is 0 Å². The number of rotatable bonds is 8. The van der Waals surface area contributed by atoms with E-state index in [0.717, 1.165) is 76.4 Å². The molecule has 8 N–H and O–H groups in total. The number of halogens is 6. The summed E-state index contributed by atoms with van der Waals surface area (Å²) in [6, 6.07) is 17.2. The van der Waals surface area contributed by atoms with Gasteiger partial charge in [-0.25, -0.2) is 37.3 Å². The second-order valence-electron chi connectivity index (χ2n) is 25.7. The summed E-state index contributed by atoms with van der Waals surface area (Å²) in [5.41, 5.74) is 16.5. The molecule has 3 aromatic carbocycles. The van der Waals surface area contributed by atoms with Crippen LogP contribution in [0.5, 0.6) is 0 Å². The van der Waals surface area contributed by atoms with Gasteiger partial charge in [-0.1, -0.05) is 59.3 Å². The van der Waals surface area contributed by atoms with Gasteiger partial charge >= 0.3 is 24.1 Å². The van der Waals surface area contributed by atoms with E-state index in [1.54, 1.807) is 33.8 Å². The maximum Gasteiger partial charge on any atom is 0.322 e. The zero-order valence-electron chi connectivity index (χ0n) is 52.6. The van der Waals surface area contributed by atoms with E-state index in [-0.39, 0.29) is 45.3 Å². The Kier molecular flexibility index (Phi) is 20.0. The third-order valence-electron chi connectivity index (χ3n) is 19.7. The lowest BCUT2D eigenvalue weighted by molar-refractivity contribution is 0.205. The predicted octanol–water partition coefficient (Wildman–Crippen LogP) is 15.4. The molecule has 4 saturated carbocycles. The lowest BCUT2D eigenvalue weighted by Gasteiger charge is -2.30. The quantitative estimate of drug-likeness (QED) is 0.0672. The van der Waals surface area contributed by atoms with E-state index in [1.807, 2.05) is 29.2 Å². The minimum atomic E-state index is -0.568. The Morgan fingerprint density at radius 2 is 0.853 bits per heavy atom. The van der Waals surface area contributed by atoms with E-state index in [0.29, 0.717) is 86.4 Å². The third-order valence-corrected chi connectivity index (χ3v) is 21.1. The fourth-order valence-electron chi connectivity index (χ4n) is 13.2. The van der Waals surface area contributed by atoms with Crippen LogP contribution in [0.15, 0.2) is 82.0 Å². The van der Waals surface area contributed by atoms with Gasteiger partial charge in [0.25, 0.3) is 0 Å². The van der Waals surface area contributed by atoms with Crippen molar-refractivity contribution in [2.45, 2.75) is 160 Å². The van der Waals surface area contributed by atoms with Gasteiger partial charge in [0.1, 0.15) is 16.2 Å². The molecule has 4 fully saturated rings. The number of hydrogen-bond acceptors (Lipinski definition) is 9.